The van der Waals surface area contributed by atoms with Crippen molar-refractivity contribution in [3.63, 3.8) is 0 Å². The Bertz CT molecular complexity index is 2190. The molecule has 0 aliphatic rings. The van der Waals surface area contributed by atoms with Crippen molar-refractivity contribution in [3.05, 3.63) is 182 Å². The van der Waals surface area contributed by atoms with Gasteiger partial charge in [0.05, 0.1) is 29.8 Å². The van der Waals surface area contributed by atoms with Crippen LogP contribution in [-0.4, -0.2) is 26.3 Å². The molecule has 0 aliphatic carbocycles. The monoisotopic (exact) mass is 686 g/mol. The molecule has 6 aromatic rings. The highest BCUT2D eigenvalue weighted by atomic mass is 35.5. The molecule has 2 heterocycles. The van der Waals surface area contributed by atoms with Gasteiger partial charge in [-0.15, -0.1) is 0 Å². The standard InChI is InChI=1S/C21H20ClNO2.C21H19NO3/c1-15(2)25-20-10-8-17(12-19(20)22)18-9-11-21(24)23(14-18)13-16-6-4-3-5-7-16;1-2-16-12-17(8-10-19(16)21(24)25)18-9-11-20(23)22(14-18)13-15-6-4-3-5-7-15/h3-12,14-15H,13H2,1-2H3;3-12,14H,2,13H2,1H3,(H,24,25). The van der Waals surface area contributed by atoms with Crippen LogP contribution in [0.3, 0.4) is 0 Å². The second-order valence-electron chi connectivity index (χ2n) is 12.1. The minimum Gasteiger partial charge on any atom is -0.489 e. The molecular weight excluding hydrogens is 648 g/mol. The number of rotatable bonds is 10. The van der Waals surface area contributed by atoms with Gasteiger partial charge >= 0.3 is 5.97 Å². The number of carboxylic acids is 1. The predicted octanol–water partition coefficient (Wildman–Crippen LogP) is 8.83. The zero-order chi connectivity index (χ0) is 35.6. The van der Waals surface area contributed by atoms with Crippen molar-refractivity contribution in [2.45, 2.75) is 46.4 Å². The average Bonchev–Trinajstić information content (AvgIpc) is 3.11. The maximum Gasteiger partial charge on any atom is 0.335 e. The van der Waals surface area contributed by atoms with Crippen LogP contribution >= 0.6 is 11.6 Å². The average molecular weight is 687 g/mol. The normalized spacial score (nSPS) is 10.7. The number of ether oxygens (including phenoxy) is 1. The van der Waals surface area contributed by atoms with E-state index in [4.69, 9.17) is 16.3 Å². The number of carbonyl (C=O) groups is 1. The second kappa shape index (κ2) is 16.6. The van der Waals surface area contributed by atoms with Crippen LogP contribution in [0.1, 0.15) is 47.8 Å². The van der Waals surface area contributed by atoms with Crippen LogP contribution in [0.5, 0.6) is 5.75 Å². The summed E-state index contributed by atoms with van der Waals surface area (Å²) >= 11 is 6.33. The fourth-order valence-electron chi connectivity index (χ4n) is 5.52. The Morgan fingerprint density at radius 1 is 0.680 bits per heavy atom. The van der Waals surface area contributed by atoms with Crippen molar-refractivity contribution in [2.24, 2.45) is 0 Å². The molecule has 2 aromatic heterocycles. The third-order valence-corrected chi connectivity index (χ3v) is 8.33. The molecular formula is C42H39ClN2O5. The molecule has 4 aromatic carbocycles. The summed E-state index contributed by atoms with van der Waals surface area (Å²) in [6.45, 7) is 6.90. The van der Waals surface area contributed by atoms with Crippen LogP contribution in [0, 0.1) is 0 Å². The largest absolute Gasteiger partial charge is 0.489 e. The van der Waals surface area contributed by atoms with E-state index < -0.39 is 5.97 Å². The summed E-state index contributed by atoms with van der Waals surface area (Å²) in [5, 5.41) is 9.82. The van der Waals surface area contributed by atoms with Gasteiger partial charge in [-0.2, -0.15) is 0 Å². The van der Waals surface area contributed by atoms with Crippen LogP contribution in [-0.2, 0) is 19.5 Å². The minimum absolute atomic E-state index is 0.0292. The summed E-state index contributed by atoms with van der Waals surface area (Å²) < 4.78 is 9.04. The summed E-state index contributed by atoms with van der Waals surface area (Å²) in [6, 6.07) is 37.4. The first kappa shape index (κ1) is 35.6. The summed E-state index contributed by atoms with van der Waals surface area (Å²) in [4.78, 5) is 35.6. The fourth-order valence-corrected chi connectivity index (χ4v) is 5.74. The molecule has 0 saturated carbocycles. The zero-order valence-corrected chi connectivity index (χ0v) is 29.0. The van der Waals surface area contributed by atoms with E-state index in [9.17, 15) is 19.5 Å². The quantitative estimate of drug-likeness (QED) is 0.156. The summed E-state index contributed by atoms with van der Waals surface area (Å²) in [7, 11) is 0. The Balaban J connectivity index is 0.000000194. The molecule has 0 atom stereocenters. The van der Waals surface area contributed by atoms with Gasteiger partial charge in [-0.25, -0.2) is 4.79 Å². The highest BCUT2D eigenvalue weighted by molar-refractivity contribution is 6.32. The Labute approximate surface area is 296 Å². The van der Waals surface area contributed by atoms with E-state index in [0.717, 1.165) is 38.9 Å². The Kier molecular flexibility index (Phi) is 11.9. The van der Waals surface area contributed by atoms with E-state index in [-0.39, 0.29) is 17.2 Å². The lowest BCUT2D eigenvalue weighted by Crippen LogP contribution is -2.19. The first-order valence-corrected chi connectivity index (χ1v) is 16.8. The SMILES string of the molecule is CC(C)Oc1ccc(-c2ccc(=O)n(Cc3ccccc3)c2)cc1Cl.CCc1cc(-c2ccc(=O)n(Cc3ccccc3)c2)ccc1C(=O)O. The third kappa shape index (κ3) is 9.27. The van der Waals surface area contributed by atoms with Gasteiger partial charge in [0.25, 0.3) is 11.1 Å². The maximum atomic E-state index is 12.2. The van der Waals surface area contributed by atoms with Crippen molar-refractivity contribution in [1.82, 2.24) is 9.13 Å². The summed E-state index contributed by atoms with van der Waals surface area (Å²) in [5.74, 6) is -0.254. The Morgan fingerprint density at radius 2 is 1.16 bits per heavy atom. The topological polar surface area (TPSA) is 90.5 Å². The van der Waals surface area contributed by atoms with E-state index in [1.54, 1.807) is 39.5 Å². The molecule has 0 aliphatic heterocycles. The van der Waals surface area contributed by atoms with Crippen LogP contribution in [0.2, 0.25) is 5.02 Å². The molecule has 0 bridgehead atoms. The molecule has 0 amide bonds. The highest BCUT2D eigenvalue weighted by Crippen LogP contribution is 2.31. The molecule has 7 nitrogen and oxygen atoms in total. The number of aromatic nitrogens is 2. The maximum absolute atomic E-state index is 12.2. The Morgan fingerprint density at radius 3 is 1.62 bits per heavy atom. The lowest BCUT2D eigenvalue weighted by Gasteiger charge is -2.13. The molecule has 8 heteroatoms. The first-order valence-electron chi connectivity index (χ1n) is 16.4. The molecule has 0 saturated heterocycles. The number of hydrogen-bond donors (Lipinski definition) is 1. The number of nitrogens with zero attached hydrogens (tertiary/aromatic N) is 2. The van der Waals surface area contributed by atoms with Gasteiger partial charge in [-0.05, 0) is 89.5 Å². The smallest absolute Gasteiger partial charge is 0.335 e. The lowest BCUT2D eigenvalue weighted by atomic mass is 9.98. The van der Waals surface area contributed by atoms with Crippen LogP contribution < -0.4 is 15.9 Å². The molecule has 0 radical (unpaired) electrons. The van der Waals surface area contributed by atoms with Crippen molar-refractivity contribution >= 4 is 17.6 Å². The van der Waals surface area contributed by atoms with Crippen LogP contribution in [0.25, 0.3) is 22.3 Å². The molecule has 0 spiro atoms. The van der Waals surface area contributed by atoms with Gasteiger partial charge in [0, 0.05) is 24.5 Å². The number of benzene rings is 4. The van der Waals surface area contributed by atoms with Crippen molar-refractivity contribution in [1.29, 1.82) is 0 Å². The number of halogens is 1. The van der Waals surface area contributed by atoms with Gasteiger partial charge in [0.1, 0.15) is 5.75 Å². The molecule has 50 heavy (non-hydrogen) atoms. The molecule has 0 fully saturated rings. The van der Waals surface area contributed by atoms with E-state index >= 15 is 0 Å². The van der Waals surface area contributed by atoms with E-state index in [1.807, 2.05) is 124 Å². The van der Waals surface area contributed by atoms with Crippen molar-refractivity contribution in [2.75, 3.05) is 0 Å². The van der Waals surface area contributed by atoms with Crippen molar-refractivity contribution in [3.8, 4) is 28.0 Å². The van der Waals surface area contributed by atoms with E-state index in [0.29, 0.717) is 35.8 Å². The molecule has 0 unspecified atom stereocenters. The van der Waals surface area contributed by atoms with Gasteiger partial charge < -0.3 is 19.0 Å². The molecule has 6 rings (SSSR count). The van der Waals surface area contributed by atoms with Gasteiger partial charge in [0.2, 0.25) is 0 Å². The number of hydrogen-bond acceptors (Lipinski definition) is 4. The fraction of sp³-hybridized carbons (Fsp3) is 0.167. The lowest BCUT2D eigenvalue weighted by molar-refractivity contribution is 0.0695. The van der Waals surface area contributed by atoms with Crippen LogP contribution in [0.4, 0.5) is 0 Å². The van der Waals surface area contributed by atoms with Gasteiger partial charge in [-0.3, -0.25) is 9.59 Å². The minimum atomic E-state index is -0.919. The Hall–Kier alpha value is -5.66. The molecule has 1 N–H and O–H groups in total. The predicted molar refractivity (Wildman–Crippen MR) is 200 cm³/mol. The van der Waals surface area contributed by atoms with E-state index in [2.05, 4.69) is 0 Å². The highest BCUT2D eigenvalue weighted by Gasteiger charge is 2.11. The van der Waals surface area contributed by atoms with Crippen molar-refractivity contribution < 1.29 is 14.6 Å². The number of pyridine rings is 2. The summed E-state index contributed by atoms with van der Waals surface area (Å²) in [6.07, 6.45) is 4.39. The molecule has 254 valence electrons. The van der Waals surface area contributed by atoms with Gasteiger partial charge in [0.15, 0.2) is 0 Å². The van der Waals surface area contributed by atoms with Crippen LogP contribution in [0.15, 0.2) is 143 Å². The number of aromatic carboxylic acids is 1. The van der Waals surface area contributed by atoms with Gasteiger partial charge in [-0.1, -0.05) is 97.4 Å². The summed E-state index contributed by atoms with van der Waals surface area (Å²) in [5.41, 5.74) is 6.83. The first-order chi connectivity index (χ1) is 24.1. The number of carboxylic acid groups (broad SMARTS) is 1. The number of aryl methyl sites for hydroxylation is 1. The zero-order valence-electron chi connectivity index (χ0n) is 28.3. The second-order valence-corrected chi connectivity index (χ2v) is 12.5. The van der Waals surface area contributed by atoms with E-state index in [1.165, 1.54) is 0 Å². The third-order valence-electron chi connectivity index (χ3n) is 8.04.